The van der Waals surface area contributed by atoms with Crippen LogP contribution in [-0.2, 0) is 22.9 Å². The van der Waals surface area contributed by atoms with Crippen LogP contribution in [-0.4, -0.2) is 19.6 Å². The first-order valence-corrected chi connectivity index (χ1v) is 9.52. The van der Waals surface area contributed by atoms with Gasteiger partial charge in [0.15, 0.2) is 9.84 Å². The molecule has 0 aliphatic heterocycles. The summed E-state index contributed by atoms with van der Waals surface area (Å²) in [7, 11) is -3.56. The Bertz CT molecular complexity index is 958. The van der Waals surface area contributed by atoms with Gasteiger partial charge in [0.05, 0.1) is 35.4 Å². The van der Waals surface area contributed by atoms with Crippen molar-refractivity contribution in [1.29, 1.82) is 0 Å². The molecule has 0 atom stereocenters. The van der Waals surface area contributed by atoms with Crippen LogP contribution in [0.3, 0.4) is 0 Å². The summed E-state index contributed by atoms with van der Waals surface area (Å²) in [5.41, 5.74) is -0.0266. The van der Waals surface area contributed by atoms with Gasteiger partial charge in [-0.05, 0) is 36.4 Å². The maximum absolute atomic E-state index is 11.7. The zero-order valence-corrected chi connectivity index (χ0v) is 14.7. The van der Waals surface area contributed by atoms with E-state index in [1.165, 1.54) is 24.7 Å². The van der Waals surface area contributed by atoms with E-state index in [9.17, 15) is 18.5 Å². The highest BCUT2D eigenvalue weighted by Gasteiger charge is 2.24. The number of hydrogen-bond donors (Lipinski definition) is 0. The number of nitro groups is 1. The minimum Gasteiger partial charge on any atom is -0.467 e. The predicted octanol–water partition coefficient (Wildman–Crippen LogP) is 3.39. The van der Waals surface area contributed by atoms with Gasteiger partial charge >= 0.3 is 0 Å². The van der Waals surface area contributed by atoms with E-state index in [2.05, 4.69) is 0 Å². The molecule has 2 aromatic heterocycles. The molecule has 26 heavy (non-hydrogen) atoms. The van der Waals surface area contributed by atoms with Gasteiger partial charge in [0.25, 0.3) is 5.69 Å². The first kappa shape index (κ1) is 17.7. The number of nitrogens with zero attached hydrogens (tertiary/aromatic N) is 2. The second kappa shape index (κ2) is 7.04. The Morgan fingerprint density at radius 2 is 1.62 bits per heavy atom. The average Bonchev–Trinajstić information content (AvgIpc) is 3.26. The molecule has 0 saturated heterocycles. The number of benzene rings is 1. The van der Waals surface area contributed by atoms with Crippen LogP contribution >= 0.6 is 0 Å². The van der Waals surface area contributed by atoms with E-state index in [1.807, 2.05) is 0 Å². The molecule has 3 aromatic rings. The summed E-state index contributed by atoms with van der Waals surface area (Å²) in [6.07, 6.45) is 4.04. The molecule has 0 unspecified atom stereocenters. The van der Waals surface area contributed by atoms with Crippen molar-refractivity contribution in [1.82, 2.24) is 0 Å². The summed E-state index contributed by atoms with van der Waals surface area (Å²) >= 11 is 0. The van der Waals surface area contributed by atoms with E-state index in [1.54, 1.807) is 29.2 Å². The van der Waals surface area contributed by atoms with Crippen LogP contribution in [0.15, 0.2) is 68.7 Å². The van der Waals surface area contributed by atoms with Crippen molar-refractivity contribution in [2.24, 2.45) is 0 Å². The van der Waals surface area contributed by atoms with Crippen LogP contribution in [0.1, 0.15) is 11.5 Å². The Labute approximate surface area is 149 Å². The number of hydrogen-bond acceptors (Lipinski definition) is 7. The lowest BCUT2D eigenvalue weighted by molar-refractivity contribution is -0.384. The van der Waals surface area contributed by atoms with Crippen LogP contribution in [0.25, 0.3) is 0 Å². The molecular formula is C17H16N2O6S. The van der Waals surface area contributed by atoms with Gasteiger partial charge in [0.1, 0.15) is 17.2 Å². The maximum atomic E-state index is 11.7. The fourth-order valence-electron chi connectivity index (χ4n) is 2.56. The highest BCUT2D eigenvalue weighted by Crippen LogP contribution is 2.33. The summed E-state index contributed by atoms with van der Waals surface area (Å²) in [6, 6.07) is 10.8. The van der Waals surface area contributed by atoms with Crippen molar-refractivity contribution in [3.8, 4) is 0 Å². The number of nitro benzene ring substituents is 1. The van der Waals surface area contributed by atoms with Gasteiger partial charge in [-0.15, -0.1) is 0 Å². The SMILES string of the molecule is CS(=O)(=O)c1ccc(N(Cc2ccco2)Cc2ccco2)c([N+](=O)[O-])c1. The quantitative estimate of drug-likeness (QED) is 0.459. The highest BCUT2D eigenvalue weighted by molar-refractivity contribution is 7.90. The third-order valence-corrected chi connectivity index (χ3v) is 4.88. The molecule has 0 radical (unpaired) electrons. The lowest BCUT2D eigenvalue weighted by Gasteiger charge is -2.22. The minimum absolute atomic E-state index is 0.108. The molecular weight excluding hydrogens is 360 g/mol. The van der Waals surface area contributed by atoms with Gasteiger partial charge in [-0.1, -0.05) is 0 Å². The van der Waals surface area contributed by atoms with Crippen molar-refractivity contribution in [2.75, 3.05) is 11.2 Å². The Kier molecular flexibility index (Phi) is 4.81. The van der Waals surface area contributed by atoms with Crippen LogP contribution in [0.4, 0.5) is 11.4 Å². The number of rotatable bonds is 7. The zero-order valence-electron chi connectivity index (χ0n) is 13.9. The van der Waals surface area contributed by atoms with Crippen molar-refractivity contribution >= 4 is 21.2 Å². The van der Waals surface area contributed by atoms with Gasteiger partial charge in [-0.25, -0.2) is 8.42 Å². The molecule has 3 rings (SSSR count). The molecule has 136 valence electrons. The molecule has 0 N–H and O–H groups in total. The van der Waals surface area contributed by atoms with Crippen LogP contribution in [0.2, 0.25) is 0 Å². The second-order valence-corrected chi connectivity index (χ2v) is 7.71. The topological polar surface area (TPSA) is 107 Å². The summed E-state index contributed by atoms with van der Waals surface area (Å²) in [6.45, 7) is 0.513. The predicted molar refractivity (Wildman–Crippen MR) is 93.5 cm³/mol. The fourth-order valence-corrected chi connectivity index (χ4v) is 3.20. The Hall–Kier alpha value is -3.07. The number of furan rings is 2. The van der Waals surface area contributed by atoms with Gasteiger partial charge in [-0.2, -0.15) is 0 Å². The van der Waals surface area contributed by atoms with Crippen LogP contribution < -0.4 is 4.90 Å². The lowest BCUT2D eigenvalue weighted by Crippen LogP contribution is -2.22. The number of sulfone groups is 1. The highest BCUT2D eigenvalue weighted by atomic mass is 32.2. The van der Waals surface area contributed by atoms with E-state index >= 15 is 0 Å². The molecule has 0 amide bonds. The van der Waals surface area contributed by atoms with Crippen LogP contribution in [0.5, 0.6) is 0 Å². The fraction of sp³-hybridized carbons (Fsp3) is 0.176. The zero-order chi connectivity index (χ0) is 18.7. The largest absolute Gasteiger partial charge is 0.467 e. The van der Waals surface area contributed by atoms with Crippen molar-refractivity contribution in [2.45, 2.75) is 18.0 Å². The Morgan fingerprint density at radius 1 is 1.04 bits per heavy atom. The van der Waals surface area contributed by atoms with Gasteiger partial charge < -0.3 is 13.7 Å². The van der Waals surface area contributed by atoms with Gasteiger partial charge in [-0.3, -0.25) is 10.1 Å². The van der Waals surface area contributed by atoms with Gasteiger partial charge in [0.2, 0.25) is 0 Å². The molecule has 0 spiro atoms. The summed E-state index contributed by atoms with van der Waals surface area (Å²) in [5.74, 6) is 1.22. The first-order chi connectivity index (χ1) is 12.3. The molecule has 2 heterocycles. The number of anilines is 1. The third-order valence-electron chi connectivity index (χ3n) is 3.77. The maximum Gasteiger partial charge on any atom is 0.293 e. The van der Waals surface area contributed by atoms with Crippen LogP contribution in [0, 0.1) is 10.1 Å². The summed E-state index contributed by atoms with van der Waals surface area (Å²) in [5, 5.41) is 11.5. The molecule has 0 aliphatic carbocycles. The lowest BCUT2D eigenvalue weighted by atomic mass is 10.2. The van der Waals surface area contributed by atoms with E-state index < -0.39 is 14.8 Å². The summed E-state index contributed by atoms with van der Waals surface area (Å²) in [4.78, 5) is 12.5. The van der Waals surface area contributed by atoms with E-state index in [0.717, 1.165) is 12.3 Å². The molecule has 0 saturated carbocycles. The summed E-state index contributed by atoms with van der Waals surface area (Å²) < 4.78 is 34.2. The normalized spacial score (nSPS) is 11.4. The van der Waals surface area contributed by atoms with Crippen molar-refractivity contribution in [3.05, 3.63) is 76.6 Å². The van der Waals surface area contributed by atoms with E-state index in [0.29, 0.717) is 11.5 Å². The third kappa shape index (κ3) is 3.94. The molecule has 8 nitrogen and oxygen atoms in total. The van der Waals surface area contributed by atoms with Crippen molar-refractivity contribution < 1.29 is 22.2 Å². The minimum atomic E-state index is -3.56. The first-order valence-electron chi connectivity index (χ1n) is 7.63. The second-order valence-electron chi connectivity index (χ2n) is 5.69. The molecule has 0 aliphatic rings. The van der Waals surface area contributed by atoms with Crippen molar-refractivity contribution in [3.63, 3.8) is 0 Å². The average molecular weight is 376 g/mol. The Balaban J connectivity index is 2.05. The molecule has 1 aromatic carbocycles. The Morgan fingerprint density at radius 3 is 2.04 bits per heavy atom. The molecule has 9 heteroatoms. The molecule has 0 fully saturated rings. The van der Waals surface area contributed by atoms with Gasteiger partial charge in [0, 0.05) is 12.3 Å². The monoisotopic (exact) mass is 376 g/mol. The van der Waals surface area contributed by atoms with E-state index in [4.69, 9.17) is 8.83 Å². The molecule has 0 bridgehead atoms. The van der Waals surface area contributed by atoms with E-state index in [-0.39, 0.29) is 29.4 Å². The smallest absolute Gasteiger partial charge is 0.293 e. The standard InChI is InChI=1S/C17H16N2O6S/c1-26(22,23)15-6-7-16(17(10-15)19(20)21)18(11-13-4-2-8-24-13)12-14-5-3-9-25-14/h2-10H,11-12H2,1H3.